The number of nitrogens with two attached hydrogens (primary N) is 1. The highest BCUT2D eigenvalue weighted by molar-refractivity contribution is 5.77. The molecule has 0 radical (unpaired) electrons. The predicted octanol–water partition coefficient (Wildman–Crippen LogP) is 3.99. The Hall–Kier alpha value is -2.74. The highest BCUT2D eigenvalue weighted by Crippen LogP contribution is 2.22. The summed E-state index contributed by atoms with van der Waals surface area (Å²) in [5, 5.41) is 3.00. The molecule has 5 nitrogen and oxygen atoms in total. The molecule has 0 aromatic heterocycles. The Bertz CT molecular complexity index is 720. The van der Waals surface area contributed by atoms with Crippen molar-refractivity contribution in [2.45, 2.75) is 32.4 Å². The Kier molecular flexibility index (Phi) is 8.61. The lowest BCUT2D eigenvalue weighted by molar-refractivity contribution is -0.274. The van der Waals surface area contributed by atoms with Gasteiger partial charge >= 0.3 is 6.36 Å². The number of benzene rings is 2. The van der Waals surface area contributed by atoms with E-state index in [-0.39, 0.29) is 12.3 Å². The number of alkyl halides is 3. The summed E-state index contributed by atoms with van der Waals surface area (Å²) in [5.41, 5.74) is 7.66. The molecule has 0 bridgehead atoms. The normalized spacial score (nSPS) is 12.0. The fraction of sp³-hybridized carbons (Fsp3) is 0.350. The van der Waals surface area contributed by atoms with Crippen molar-refractivity contribution in [3.63, 3.8) is 0 Å². The van der Waals surface area contributed by atoms with Crippen LogP contribution in [0.4, 0.5) is 13.2 Å². The van der Waals surface area contributed by atoms with E-state index >= 15 is 0 Å². The van der Waals surface area contributed by atoms with Gasteiger partial charge in [0.05, 0.1) is 13.2 Å². The first-order valence-electron chi connectivity index (χ1n) is 8.92. The summed E-state index contributed by atoms with van der Waals surface area (Å²) >= 11 is 0. The minimum atomic E-state index is -4.69. The molecule has 0 fully saturated rings. The zero-order valence-electron chi connectivity index (χ0n) is 15.4. The van der Waals surface area contributed by atoms with E-state index in [2.05, 4.69) is 15.0 Å². The minimum Gasteiger partial charge on any atom is -0.406 e. The Morgan fingerprint density at radius 2 is 1.68 bits per heavy atom. The molecular formula is C20H24F3N3O2. The van der Waals surface area contributed by atoms with Gasteiger partial charge in [-0.2, -0.15) is 0 Å². The standard InChI is InChI=1S/C20H24F3N3O2/c21-20(22,23)28-18-10-8-16(9-11-18)14-26-19(24)25-12-4-5-13-27-15-17-6-2-1-3-7-17/h1-3,6-11H,4-5,12-15H2,(H3,24,25,26). The Balaban J connectivity index is 1.57. The number of hydrogen-bond acceptors (Lipinski definition) is 3. The van der Waals surface area contributed by atoms with E-state index in [4.69, 9.17) is 10.5 Å². The van der Waals surface area contributed by atoms with Crippen LogP contribution in [0.2, 0.25) is 0 Å². The maximum atomic E-state index is 12.1. The number of aliphatic imine (C=N–C) groups is 1. The molecule has 152 valence electrons. The molecule has 8 heteroatoms. The Morgan fingerprint density at radius 1 is 0.964 bits per heavy atom. The predicted molar refractivity (Wildman–Crippen MR) is 102 cm³/mol. The van der Waals surface area contributed by atoms with E-state index in [9.17, 15) is 13.2 Å². The number of nitrogens with zero attached hydrogens (tertiary/aromatic N) is 1. The van der Waals surface area contributed by atoms with Crippen LogP contribution in [0, 0.1) is 0 Å². The van der Waals surface area contributed by atoms with Crippen molar-refractivity contribution in [3.8, 4) is 5.75 Å². The van der Waals surface area contributed by atoms with Gasteiger partial charge in [-0.15, -0.1) is 13.2 Å². The van der Waals surface area contributed by atoms with Crippen molar-refractivity contribution in [1.29, 1.82) is 0 Å². The number of nitrogens with one attached hydrogen (secondary N) is 1. The molecule has 2 aromatic carbocycles. The van der Waals surface area contributed by atoms with Gasteiger partial charge in [-0.25, -0.2) is 4.99 Å². The molecule has 0 amide bonds. The van der Waals surface area contributed by atoms with E-state index in [1.165, 1.54) is 24.3 Å². The van der Waals surface area contributed by atoms with Crippen LogP contribution in [-0.2, 0) is 17.9 Å². The van der Waals surface area contributed by atoms with Crippen LogP contribution in [0.15, 0.2) is 59.6 Å². The molecule has 0 aliphatic rings. The topological polar surface area (TPSA) is 68.9 Å². The van der Waals surface area contributed by atoms with Crippen LogP contribution >= 0.6 is 0 Å². The molecule has 2 aromatic rings. The fourth-order valence-electron chi connectivity index (χ4n) is 2.34. The molecule has 0 atom stereocenters. The van der Waals surface area contributed by atoms with Gasteiger partial charge in [0, 0.05) is 13.2 Å². The molecular weight excluding hydrogens is 371 g/mol. The second-order valence-electron chi connectivity index (χ2n) is 6.07. The van der Waals surface area contributed by atoms with E-state index in [1.54, 1.807) is 0 Å². The van der Waals surface area contributed by atoms with E-state index < -0.39 is 6.36 Å². The maximum absolute atomic E-state index is 12.1. The van der Waals surface area contributed by atoms with Gasteiger partial charge in [0.1, 0.15) is 5.75 Å². The van der Waals surface area contributed by atoms with Gasteiger partial charge in [-0.1, -0.05) is 42.5 Å². The van der Waals surface area contributed by atoms with Gasteiger partial charge in [0.15, 0.2) is 5.96 Å². The van der Waals surface area contributed by atoms with Crippen molar-refractivity contribution in [2.24, 2.45) is 10.7 Å². The first-order chi connectivity index (χ1) is 13.4. The van der Waals surface area contributed by atoms with Crippen molar-refractivity contribution in [2.75, 3.05) is 13.2 Å². The summed E-state index contributed by atoms with van der Waals surface area (Å²) in [6.45, 7) is 2.21. The molecule has 2 rings (SSSR count). The SMILES string of the molecule is NC(=NCc1ccc(OC(F)(F)F)cc1)NCCCCOCc1ccccc1. The smallest absolute Gasteiger partial charge is 0.406 e. The van der Waals surface area contributed by atoms with Gasteiger partial charge in [0.25, 0.3) is 0 Å². The molecule has 28 heavy (non-hydrogen) atoms. The summed E-state index contributed by atoms with van der Waals surface area (Å²) in [6, 6.07) is 15.5. The van der Waals surface area contributed by atoms with Crippen LogP contribution in [0.25, 0.3) is 0 Å². The van der Waals surface area contributed by atoms with Crippen LogP contribution < -0.4 is 15.8 Å². The zero-order chi connectivity index (χ0) is 20.2. The van der Waals surface area contributed by atoms with Crippen LogP contribution in [0.5, 0.6) is 5.75 Å². The van der Waals surface area contributed by atoms with Crippen molar-refractivity contribution in [1.82, 2.24) is 5.32 Å². The lowest BCUT2D eigenvalue weighted by Crippen LogP contribution is -2.32. The quantitative estimate of drug-likeness (QED) is 0.363. The van der Waals surface area contributed by atoms with Crippen LogP contribution in [0.1, 0.15) is 24.0 Å². The molecule has 0 unspecified atom stereocenters. The molecule has 3 N–H and O–H groups in total. The molecule has 0 saturated heterocycles. The molecule has 0 aliphatic carbocycles. The zero-order valence-corrected chi connectivity index (χ0v) is 15.4. The van der Waals surface area contributed by atoms with Crippen molar-refractivity contribution < 1.29 is 22.6 Å². The minimum absolute atomic E-state index is 0.263. The number of rotatable bonds is 10. The van der Waals surface area contributed by atoms with Gasteiger partial charge in [-0.3, -0.25) is 0 Å². The summed E-state index contributed by atoms with van der Waals surface area (Å²) in [6.07, 6.45) is -2.91. The molecule has 0 heterocycles. The average Bonchev–Trinajstić information content (AvgIpc) is 2.66. The number of halogens is 3. The molecule has 0 spiro atoms. The molecule has 0 aliphatic heterocycles. The number of hydrogen-bond donors (Lipinski definition) is 2. The maximum Gasteiger partial charge on any atom is 0.573 e. The number of unbranched alkanes of at least 4 members (excludes halogenated alkanes) is 1. The second-order valence-corrected chi connectivity index (χ2v) is 6.07. The third-order valence-corrected chi connectivity index (χ3v) is 3.72. The largest absolute Gasteiger partial charge is 0.573 e. The highest BCUT2D eigenvalue weighted by atomic mass is 19.4. The van der Waals surface area contributed by atoms with Crippen LogP contribution in [0.3, 0.4) is 0 Å². The lowest BCUT2D eigenvalue weighted by Gasteiger charge is -2.09. The van der Waals surface area contributed by atoms with E-state index in [0.29, 0.717) is 25.7 Å². The monoisotopic (exact) mass is 395 g/mol. The molecule has 0 saturated carbocycles. The number of ether oxygens (including phenoxy) is 2. The highest BCUT2D eigenvalue weighted by Gasteiger charge is 2.30. The fourth-order valence-corrected chi connectivity index (χ4v) is 2.34. The third kappa shape index (κ3) is 9.27. The van der Waals surface area contributed by atoms with Gasteiger partial charge < -0.3 is 20.5 Å². The first-order valence-corrected chi connectivity index (χ1v) is 8.92. The van der Waals surface area contributed by atoms with E-state index in [0.717, 1.165) is 24.0 Å². The number of guanidine groups is 1. The van der Waals surface area contributed by atoms with Crippen molar-refractivity contribution >= 4 is 5.96 Å². The van der Waals surface area contributed by atoms with Crippen LogP contribution in [-0.4, -0.2) is 25.5 Å². The second kappa shape index (κ2) is 11.2. The Labute approximate surface area is 162 Å². The first kappa shape index (κ1) is 21.6. The van der Waals surface area contributed by atoms with Gasteiger partial charge in [-0.05, 0) is 36.1 Å². The van der Waals surface area contributed by atoms with E-state index in [1.807, 2.05) is 30.3 Å². The summed E-state index contributed by atoms with van der Waals surface area (Å²) in [7, 11) is 0. The third-order valence-electron chi connectivity index (χ3n) is 3.72. The van der Waals surface area contributed by atoms with Crippen molar-refractivity contribution in [3.05, 3.63) is 65.7 Å². The summed E-state index contributed by atoms with van der Waals surface area (Å²) in [4.78, 5) is 4.16. The summed E-state index contributed by atoms with van der Waals surface area (Å²) in [5.74, 6) is 0.0293. The summed E-state index contributed by atoms with van der Waals surface area (Å²) < 4.78 is 45.8. The average molecular weight is 395 g/mol. The van der Waals surface area contributed by atoms with Gasteiger partial charge in [0.2, 0.25) is 0 Å². The lowest BCUT2D eigenvalue weighted by atomic mass is 10.2. The Morgan fingerprint density at radius 3 is 2.36 bits per heavy atom.